The van der Waals surface area contributed by atoms with Gasteiger partial charge in [-0.1, -0.05) is 44.3 Å². The SMILES string of the molecule is CC(=O)CNC1=C2C(CCC3(CCN=C(N)N)C4C(CC23O)C(CCCO)C#CC(C2COC(=O)C2c2cc[nH]c2)CC2C3CC(C)CCC3=CCC2C(C)CC(O)C4(C)O)C2(C)CC(O)C(O)CC2C1=O. The van der Waals surface area contributed by atoms with Crippen LogP contribution in [0.5, 0.6) is 0 Å². The van der Waals surface area contributed by atoms with E-state index in [0.29, 0.717) is 49.5 Å². The van der Waals surface area contributed by atoms with Gasteiger partial charge in [0.1, 0.15) is 5.78 Å². The number of nitrogens with zero attached hydrogens (tertiary/aromatic N) is 1. The van der Waals surface area contributed by atoms with Gasteiger partial charge in [-0.3, -0.25) is 19.4 Å². The number of rotatable bonds is 11. The number of nitrogens with one attached hydrogen (secondary N) is 2. The van der Waals surface area contributed by atoms with E-state index in [4.69, 9.17) is 16.2 Å². The molecule has 7 aliphatic carbocycles. The molecule has 1 aliphatic heterocycles. The van der Waals surface area contributed by atoms with Crippen LogP contribution >= 0.6 is 0 Å². The zero-order valence-electron chi connectivity index (χ0n) is 43.2. The van der Waals surface area contributed by atoms with Crippen LogP contribution in [0, 0.1) is 93.7 Å². The molecule has 1 saturated heterocycles. The molecule has 0 bridgehead atoms. The van der Waals surface area contributed by atoms with Crippen molar-refractivity contribution >= 4 is 23.5 Å². The highest BCUT2D eigenvalue weighted by atomic mass is 16.5. The molecule has 1 aromatic rings. The molecule has 15 nitrogen and oxygen atoms in total. The highest BCUT2D eigenvalue weighted by Gasteiger charge is 2.74. The van der Waals surface area contributed by atoms with Crippen molar-refractivity contribution in [3.05, 3.63) is 46.9 Å². The van der Waals surface area contributed by atoms with E-state index in [0.717, 1.165) is 31.2 Å². The van der Waals surface area contributed by atoms with Gasteiger partial charge in [0, 0.05) is 60.5 Å². The number of esters is 1. The number of hydrogen-bond donors (Lipinski definition) is 10. The normalized spacial score (nSPS) is 44.8. The largest absolute Gasteiger partial charge is 0.465 e. The van der Waals surface area contributed by atoms with Crippen LogP contribution in [0.15, 0.2) is 46.4 Å². The number of guanidine groups is 1. The van der Waals surface area contributed by atoms with Crippen LogP contribution in [-0.4, -0.2) is 115 Å². The number of fused-ring (bicyclic) bond motifs is 10. The van der Waals surface area contributed by atoms with Crippen LogP contribution in [0.3, 0.4) is 0 Å². The summed E-state index contributed by atoms with van der Waals surface area (Å²) in [5, 5.41) is 77.4. The van der Waals surface area contributed by atoms with Crippen molar-refractivity contribution in [2.45, 2.75) is 160 Å². The smallest absolute Gasteiger partial charge is 0.313 e. The highest BCUT2D eigenvalue weighted by molar-refractivity contribution is 6.00. The third kappa shape index (κ3) is 8.99. The van der Waals surface area contributed by atoms with Crippen molar-refractivity contribution < 1.29 is 49.8 Å². The number of cyclic esters (lactones) is 1. The first-order valence-corrected chi connectivity index (χ1v) is 27.3. The first-order chi connectivity index (χ1) is 34.2. The number of aliphatic hydroxyl groups is 6. The highest BCUT2D eigenvalue weighted by Crippen LogP contribution is 2.73. The second-order valence-corrected chi connectivity index (χ2v) is 24.7. The number of aromatic amines is 1. The second-order valence-electron chi connectivity index (χ2n) is 24.7. The molecule has 8 aliphatic rings. The Morgan fingerprint density at radius 3 is 2.46 bits per heavy atom. The van der Waals surface area contributed by atoms with E-state index in [1.165, 1.54) is 12.5 Å². The van der Waals surface area contributed by atoms with Crippen molar-refractivity contribution in [3.8, 4) is 11.8 Å². The van der Waals surface area contributed by atoms with E-state index >= 15 is 4.79 Å². The van der Waals surface area contributed by atoms with E-state index < -0.39 is 75.9 Å². The zero-order chi connectivity index (χ0) is 51.7. The van der Waals surface area contributed by atoms with Crippen LogP contribution in [0.4, 0.5) is 0 Å². The summed E-state index contributed by atoms with van der Waals surface area (Å²) in [7, 11) is 0. The fourth-order valence-electron chi connectivity index (χ4n) is 17.2. The summed E-state index contributed by atoms with van der Waals surface area (Å²) in [5.41, 5.74) is 9.00. The molecule has 9 rings (SSSR count). The van der Waals surface area contributed by atoms with Gasteiger partial charge in [0.25, 0.3) is 0 Å². The molecular formula is C57H83N5O10. The quantitative estimate of drug-likeness (QED) is 0.0485. The van der Waals surface area contributed by atoms with Gasteiger partial charge in [0.2, 0.25) is 0 Å². The van der Waals surface area contributed by atoms with Crippen molar-refractivity contribution in [1.29, 1.82) is 0 Å². The number of aliphatic imine (C=N–C) groups is 1. The molecule has 12 N–H and O–H groups in total. The number of H-pyrrole nitrogens is 1. The average molecular weight is 998 g/mol. The predicted molar refractivity (Wildman–Crippen MR) is 271 cm³/mol. The molecule has 15 heteroatoms. The Hall–Kier alpha value is -4.04. The molecule has 0 radical (unpaired) electrons. The van der Waals surface area contributed by atoms with Crippen LogP contribution in [0.2, 0.25) is 0 Å². The van der Waals surface area contributed by atoms with E-state index in [-0.39, 0.29) is 117 Å². The average Bonchev–Trinajstić information content (AvgIpc) is 4.05. The minimum atomic E-state index is -1.88. The van der Waals surface area contributed by atoms with E-state index in [2.05, 4.69) is 47.1 Å². The summed E-state index contributed by atoms with van der Waals surface area (Å²) in [6.07, 6.45) is 9.44. The van der Waals surface area contributed by atoms with Gasteiger partial charge in [-0.25, -0.2) is 0 Å². The van der Waals surface area contributed by atoms with E-state index in [9.17, 15) is 40.2 Å². The molecule has 396 valence electrons. The molecule has 2 heterocycles. The number of carbonyl (C=O) groups is 3. The molecule has 0 aromatic carbocycles. The number of hydrogen-bond acceptors (Lipinski definition) is 12. The second kappa shape index (κ2) is 20.2. The van der Waals surface area contributed by atoms with Crippen LogP contribution in [0.25, 0.3) is 0 Å². The summed E-state index contributed by atoms with van der Waals surface area (Å²) in [4.78, 5) is 49.5. The lowest BCUT2D eigenvalue weighted by atomic mass is 9.44. The molecule has 5 fully saturated rings. The van der Waals surface area contributed by atoms with Gasteiger partial charge in [-0.2, -0.15) is 0 Å². The maximum Gasteiger partial charge on any atom is 0.313 e. The van der Waals surface area contributed by atoms with Crippen LogP contribution in [0.1, 0.15) is 136 Å². The van der Waals surface area contributed by atoms with Gasteiger partial charge >= 0.3 is 5.97 Å². The number of allylic oxidation sites excluding steroid dienone is 3. The minimum absolute atomic E-state index is 0.0130. The molecule has 20 unspecified atom stereocenters. The Kier molecular flexibility index (Phi) is 14.8. The summed E-state index contributed by atoms with van der Waals surface area (Å²) in [6, 6.07) is 1.93. The third-order valence-corrected chi connectivity index (χ3v) is 20.6. The van der Waals surface area contributed by atoms with Crippen molar-refractivity contribution in [1.82, 2.24) is 10.3 Å². The lowest BCUT2D eigenvalue weighted by Crippen LogP contribution is -2.65. The monoisotopic (exact) mass is 998 g/mol. The third-order valence-electron chi connectivity index (χ3n) is 20.6. The van der Waals surface area contributed by atoms with Crippen LogP contribution < -0.4 is 16.8 Å². The Bertz CT molecular complexity index is 2370. The Labute approximate surface area is 425 Å². The molecular weight excluding hydrogens is 915 g/mol. The first-order valence-electron chi connectivity index (χ1n) is 27.3. The van der Waals surface area contributed by atoms with Crippen molar-refractivity contribution in [2.75, 3.05) is 26.3 Å². The number of ketones is 2. The Balaban J connectivity index is 1.27. The number of Topliss-reactive ketones (excluding diaryl/α,β-unsaturated/α-hetero) is 2. The maximum absolute atomic E-state index is 15.2. The van der Waals surface area contributed by atoms with Crippen molar-refractivity contribution in [3.63, 3.8) is 0 Å². The van der Waals surface area contributed by atoms with Gasteiger partial charge in [0.15, 0.2) is 11.7 Å². The molecule has 4 saturated carbocycles. The lowest BCUT2D eigenvalue weighted by Gasteiger charge is -2.62. The molecule has 0 spiro atoms. The number of carbonyl (C=O) groups excluding carboxylic acids is 3. The van der Waals surface area contributed by atoms with E-state index in [1.54, 1.807) is 6.92 Å². The maximum atomic E-state index is 15.2. The summed E-state index contributed by atoms with van der Waals surface area (Å²) < 4.78 is 5.96. The van der Waals surface area contributed by atoms with Gasteiger partial charge in [0.05, 0.1) is 54.3 Å². The summed E-state index contributed by atoms with van der Waals surface area (Å²) in [6.45, 7) is 9.57. The Morgan fingerprint density at radius 2 is 1.75 bits per heavy atom. The standard InChI is InChI=1S/C57H83N5O10/c1-30-8-9-34-12-13-37-31(2)22-46(67)55(5,70)51-40(33(7-6-20-63)10-11-35(23-39(37)38(34)21-30)41-29-72-52(69)47(41)36-15-18-60-28-36)25-57(71)48-42(14-16-56(51,57)17-19-61-53(58)59)54(4)26-45(66)44(65)24-43(54)50(68)49(48)62-27-32(3)64/h12,15,18,28,30-31,33,35,37-47,51,60,62-63,65-67,70-71H,6-9,13-14,16-17,19-27,29H2,1-5H3,(H4,58,59,61). The number of nitrogens with two attached hydrogens (primary N) is 2. The zero-order valence-corrected chi connectivity index (χ0v) is 43.2. The fourth-order valence-corrected chi connectivity index (χ4v) is 17.2. The minimum Gasteiger partial charge on any atom is -0.465 e. The lowest BCUT2D eigenvalue weighted by molar-refractivity contribution is -0.191. The summed E-state index contributed by atoms with van der Waals surface area (Å²) >= 11 is 0. The van der Waals surface area contributed by atoms with Gasteiger partial charge < -0.3 is 57.1 Å². The predicted octanol–water partition coefficient (Wildman–Crippen LogP) is 4.40. The number of aliphatic hydroxyl groups excluding tert-OH is 4. The van der Waals surface area contributed by atoms with E-state index in [1.807, 2.05) is 25.4 Å². The van der Waals surface area contributed by atoms with Crippen LogP contribution in [-0.2, 0) is 19.1 Å². The molecule has 0 amide bonds. The fraction of sp³-hybridized carbons (Fsp3) is 0.754. The number of aromatic nitrogens is 1. The Morgan fingerprint density at radius 1 is 0.972 bits per heavy atom. The molecule has 72 heavy (non-hydrogen) atoms. The molecule has 20 atom stereocenters. The summed E-state index contributed by atoms with van der Waals surface area (Å²) in [5.74, 6) is 3.39. The number of ether oxygens (including phenoxy) is 1. The molecule has 1 aromatic heterocycles. The topological polar surface area (TPSA) is 274 Å². The van der Waals surface area contributed by atoms with Crippen molar-refractivity contribution in [2.24, 2.45) is 98.3 Å². The first kappa shape index (κ1) is 52.8. The van der Waals surface area contributed by atoms with Gasteiger partial charge in [-0.15, -0.1) is 0 Å². The van der Waals surface area contributed by atoms with Gasteiger partial charge in [-0.05, 0) is 168 Å².